The maximum atomic E-state index is 11.8. The number of rotatable bonds is 1. The van der Waals surface area contributed by atoms with E-state index in [1.807, 2.05) is 0 Å². The van der Waals surface area contributed by atoms with Gasteiger partial charge >= 0.3 is 0 Å². The largest absolute Gasteiger partial charge is 0.296 e. The molecule has 1 saturated heterocycles. The summed E-state index contributed by atoms with van der Waals surface area (Å²) in [7, 11) is 0. The summed E-state index contributed by atoms with van der Waals surface area (Å²) in [4.78, 5) is 22.8. The number of carbonyl (C=O) groups is 2. The van der Waals surface area contributed by atoms with Crippen LogP contribution in [-0.2, 0) is 9.59 Å². The second kappa shape index (κ2) is 4.96. The van der Waals surface area contributed by atoms with Gasteiger partial charge in [0, 0.05) is 21.5 Å². The molecule has 0 saturated carbocycles. The normalized spacial score (nSPS) is 20.3. The minimum absolute atomic E-state index is 0.256. The van der Waals surface area contributed by atoms with Gasteiger partial charge in [-0.3, -0.25) is 14.9 Å². The second-order valence-electron chi connectivity index (χ2n) is 3.76. The molecule has 1 heterocycles. The Morgan fingerprint density at radius 2 is 2.00 bits per heavy atom. The third kappa shape index (κ3) is 2.49. The average Bonchev–Trinajstić information content (AvgIpc) is 2.27. The van der Waals surface area contributed by atoms with Gasteiger partial charge in [-0.05, 0) is 34.5 Å². The van der Waals surface area contributed by atoms with Crippen LogP contribution < -0.4 is 5.32 Å². The molecule has 1 aliphatic heterocycles. The van der Waals surface area contributed by atoms with E-state index >= 15 is 0 Å². The Morgan fingerprint density at radius 3 is 2.65 bits per heavy atom. The summed E-state index contributed by atoms with van der Waals surface area (Å²) in [6, 6.07) is 3.40. The second-order valence-corrected chi connectivity index (χ2v) is 5.40. The van der Waals surface area contributed by atoms with Crippen LogP contribution in [0.2, 0.25) is 10.0 Å². The fourth-order valence-corrected chi connectivity index (χ4v) is 2.81. The first-order valence-corrected chi connectivity index (χ1v) is 6.52. The van der Waals surface area contributed by atoms with Gasteiger partial charge in [0.1, 0.15) is 0 Å². The van der Waals surface area contributed by atoms with Crippen molar-refractivity contribution in [2.75, 3.05) is 0 Å². The fourth-order valence-electron chi connectivity index (χ4n) is 1.83. The third-order valence-electron chi connectivity index (χ3n) is 2.67. The van der Waals surface area contributed by atoms with Gasteiger partial charge in [0.15, 0.2) is 0 Å². The molecule has 3 nitrogen and oxygen atoms in total. The van der Waals surface area contributed by atoms with Gasteiger partial charge in [-0.1, -0.05) is 23.2 Å². The van der Waals surface area contributed by atoms with Crippen LogP contribution in [0.3, 0.4) is 0 Å². The lowest BCUT2D eigenvalue weighted by molar-refractivity contribution is -0.134. The summed E-state index contributed by atoms with van der Waals surface area (Å²) in [6.07, 6.45) is 0.732. The number of nitrogens with one attached hydrogen (secondary N) is 1. The predicted molar refractivity (Wildman–Crippen MR) is 69.3 cm³/mol. The molecule has 1 aliphatic rings. The molecule has 1 atom stereocenters. The maximum absolute atomic E-state index is 11.8. The van der Waals surface area contributed by atoms with Crippen molar-refractivity contribution in [2.45, 2.75) is 18.8 Å². The molecule has 2 amide bonds. The molecule has 6 heteroatoms. The first kappa shape index (κ1) is 12.9. The van der Waals surface area contributed by atoms with Gasteiger partial charge in [-0.15, -0.1) is 0 Å². The Hall–Kier alpha value is -0.580. The van der Waals surface area contributed by atoms with Crippen LogP contribution in [0.1, 0.15) is 24.3 Å². The number of piperidine rings is 1. The van der Waals surface area contributed by atoms with Gasteiger partial charge in [0.05, 0.1) is 10.9 Å². The lowest BCUT2D eigenvalue weighted by Gasteiger charge is -2.23. The molecule has 0 spiro atoms. The van der Waals surface area contributed by atoms with Gasteiger partial charge in [0.25, 0.3) is 0 Å². The van der Waals surface area contributed by atoms with Crippen molar-refractivity contribution >= 4 is 50.9 Å². The summed E-state index contributed by atoms with van der Waals surface area (Å²) in [5, 5.41) is 3.15. The Kier molecular flexibility index (Phi) is 3.76. The Bertz CT molecular complexity index is 504. The summed E-state index contributed by atoms with van der Waals surface area (Å²) < 4.78 is 0.684. The lowest BCUT2D eigenvalue weighted by atomic mass is 9.90. The van der Waals surface area contributed by atoms with E-state index in [4.69, 9.17) is 23.2 Å². The highest BCUT2D eigenvalue weighted by atomic mass is 79.9. The fraction of sp³-hybridized carbons (Fsp3) is 0.273. The zero-order chi connectivity index (χ0) is 12.6. The molecule has 90 valence electrons. The van der Waals surface area contributed by atoms with Crippen molar-refractivity contribution in [3.8, 4) is 0 Å². The van der Waals surface area contributed by atoms with Gasteiger partial charge in [0.2, 0.25) is 11.8 Å². The number of benzene rings is 1. The van der Waals surface area contributed by atoms with Gasteiger partial charge in [-0.25, -0.2) is 0 Å². The summed E-state index contributed by atoms with van der Waals surface area (Å²) in [6.45, 7) is 0. The highest BCUT2D eigenvalue weighted by Crippen LogP contribution is 2.39. The number of hydrogen-bond acceptors (Lipinski definition) is 2. The molecule has 1 aromatic rings. The van der Waals surface area contributed by atoms with E-state index < -0.39 is 5.92 Å². The zero-order valence-corrected chi connectivity index (χ0v) is 11.7. The first-order valence-electron chi connectivity index (χ1n) is 4.98. The molecule has 17 heavy (non-hydrogen) atoms. The van der Waals surface area contributed by atoms with Crippen LogP contribution in [0.4, 0.5) is 0 Å². The van der Waals surface area contributed by atoms with Crippen LogP contribution in [0.25, 0.3) is 0 Å². The molecule has 2 rings (SSSR count). The summed E-state index contributed by atoms with van der Waals surface area (Å²) >= 11 is 15.5. The standard InChI is InChI=1S/C11H8BrCl2NO2/c12-6-2-3-7(13)9(10(6)14)5-1-4-8(16)15-11(5)17/h2-3,5H,1,4H2,(H,15,16,17). The lowest BCUT2D eigenvalue weighted by Crippen LogP contribution is -2.39. The van der Waals surface area contributed by atoms with Gasteiger partial charge < -0.3 is 0 Å². The number of halogens is 3. The minimum Gasteiger partial charge on any atom is -0.296 e. The molecule has 0 aromatic heterocycles. The van der Waals surface area contributed by atoms with Crippen molar-refractivity contribution < 1.29 is 9.59 Å². The number of imide groups is 1. The monoisotopic (exact) mass is 335 g/mol. The van der Waals surface area contributed by atoms with Crippen molar-refractivity contribution in [3.05, 3.63) is 32.2 Å². The van der Waals surface area contributed by atoms with E-state index in [2.05, 4.69) is 21.2 Å². The number of amides is 2. The van der Waals surface area contributed by atoms with E-state index in [1.54, 1.807) is 12.1 Å². The molecule has 0 radical (unpaired) electrons. The predicted octanol–water partition coefficient (Wildman–Crippen LogP) is 3.28. The molecule has 1 N–H and O–H groups in total. The van der Waals surface area contributed by atoms with Crippen molar-refractivity contribution in [2.24, 2.45) is 0 Å². The average molecular weight is 337 g/mol. The van der Waals surface area contributed by atoms with Crippen LogP contribution in [0, 0.1) is 0 Å². The van der Waals surface area contributed by atoms with Crippen molar-refractivity contribution in [1.29, 1.82) is 0 Å². The first-order chi connectivity index (χ1) is 8.00. The molecule has 0 aliphatic carbocycles. The van der Waals surface area contributed by atoms with E-state index in [1.165, 1.54) is 0 Å². The van der Waals surface area contributed by atoms with Crippen molar-refractivity contribution in [3.63, 3.8) is 0 Å². The molecule has 1 unspecified atom stereocenters. The topological polar surface area (TPSA) is 46.2 Å². The Labute approximate surface area is 117 Å². The zero-order valence-electron chi connectivity index (χ0n) is 8.60. The van der Waals surface area contributed by atoms with E-state index in [0.29, 0.717) is 32.9 Å². The Balaban J connectivity index is 2.44. The summed E-state index contributed by atoms with van der Waals surface area (Å²) in [5.41, 5.74) is 0.577. The number of carbonyl (C=O) groups excluding carboxylic acids is 2. The van der Waals surface area contributed by atoms with Gasteiger partial charge in [-0.2, -0.15) is 0 Å². The van der Waals surface area contributed by atoms with E-state index in [0.717, 1.165) is 0 Å². The van der Waals surface area contributed by atoms with Crippen LogP contribution >= 0.6 is 39.1 Å². The van der Waals surface area contributed by atoms with E-state index in [-0.39, 0.29) is 11.8 Å². The maximum Gasteiger partial charge on any atom is 0.234 e. The van der Waals surface area contributed by atoms with Crippen molar-refractivity contribution in [1.82, 2.24) is 5.32 Å². The minimum atomic E-state index is -0.467. The Morgan fingerprint density at radius 1 is 1.29 bits per heavy atom. The highest BCUT2D eigenvalue weighted by Gasteiger charge is 2.31. The SMILES string of the molecule is O=C1CCC(c2c(Cl)ccc(Br)c2Cl)C(=O)N1. The molecule has 1 aromatic carbocycles. The molecular weight excluding hydrogens is 329 g/mol. The quantitative estimate of drug-likeness (QED) is 0.632. The smallest absolute Gasteiger partial charge is 0.234 e. The third-order valence-corrected chi connectivity index (χ3v) is 4.29. The van der Waals surface area contributed by atoms with Crippen LogP contribution in [-0.4, -0.2) is 11.8 Å². The molecular formula is C11H8BrCl2NO2. The molecule has 1 fully saturated rings. The van der Waals surface area contributed by atoms with E-state index in [9.17, 15) is 9.59 Å². The highest BCUT2D eigenvalue weighted by molar-refractivity contribution is 9.10. The molecule has 0 bridgehead atoms. The number of hydrogen-bond donors (Lipinski definition) is 1. The van der Waals surface area contributed by atoms with Crippen LogP contribution in [0.15, 0.2) is 16.6 Å². The summed E-state index contributed by atoms with van der Waals surface area (Å²) in [5.74, 6) is -1.07. The van der Waals surface area contributed by atoms with Crippen LogP contribution in [0.5, 0.6) is 0 Å².